The maximum Gasteiger partial charge on any atom is 0.262 e. The molecule has 0 atom stereocenters. The molecule has 2 aromatic heterocycles. The van der Waals surface area contributed by atoms with E-state index in [1.807, 2.05) is 0 Å². The summed E-state index contributed by atoms with van der Waals surface area (Å²) in [5, 5.41) is 1.37. The molecular weight excluding hydrogens is 410 g/mol. The average molecular weight is 430 g/mol. The van der Waals surface area contributed by atoms with Crippen LogP contribution in [0.1, 0.15) is 5.76 Å². The van der Waals surface area contributed by atoms with Gasteiger partial charge in [0.1, 0.15) is 5.76 Å². The molecule has 150 valence electrons. The molecule has 1 amide bonds. The monoisotopic (exact) mass is 429 g/mol. The van der Waals surface area contributed by atoms with Gasteiger partial charge in [0.15, 0.2) is 5.16 Å². The predicted octanol–water partition coefficient (Wildman–Crippen LogP) is 3.98. The van der Waals surface area contributed by atoms with Gasteiger partial charge in [-0.15, -0.1) is 13.2 Å². The number of rotatable bonds is 9. The van der Waals surface area contributed by atoms with E-state index in [0.29, 0.717) is 39.9 Å². The number of furan rings is 1. The molecule has 0 saturated carbocycles. The Hall–Kier alpha value is -2.77. The Bertz CT molecular complexity index is 1080. The Morgan fingerprint density at radius 1 is 1.28 bits per heavy atom. The highest BCUT2D eigenvalue weighted by atomic mass is 35.5. The molecular formula is C21H20ClN3O3S. The number of hydrogen-bond acceptors (Lipinski definition) is 5. The largest absolute Gasteiger partial charge is 0.467 e. The molecule has 0 saturated heterocycles. The minimum atomic E-state index is -0.216. The van der Waals surface area contributed by atoms with Gasteiger partial charge in [-0.2, -0.15) is 0 Å². The number of carbonyl (C=O) groups excluding carboxylic acids is 1. The van der Waals surface area contributed by atoms with Crippen LogP contribution in [0.4, 0.5) is 0 Å². The minimum absolute atomic E-state index is 0.0974. The van der Waals surface area contributed by atoms with E-state index >= 15 is 0 Å². The summed E-state index contributed by atoms with van der Waals surface area (Å²) < 4.78 is 6.90. The number of hydrogen-bond donors (Lipinski definition) is 0. The van der Waals surface area contributed by atoms with Crippen LogP contribution in [0.3, 0.4) is 0 Å². The van der Waals surface area contributed by atoms with Crippen molar-refractivity contribution in [3.05, 3.63) is 83.0 Å². The molecule has 0 bridgehead atoms. The van der Waals surface area contributed by atoms with Gasteiger partial charge >= 0.3 is 0 Å². The Balaban J connectivity index is 1.95. The van der Waals surface area contributed by atoms with Gasteiger partial charge in [0.2, 0.25) is 5.91 Å². The maximum atomic E-state index is 13.1. The van der Waals surface area contributed by atoms with Gasteiger partial charge in [-0.25, -0.2) is 4.98 Å². The first-order chi connectivity index (χ1) is 14.0. The Morgan fingerprint density at radius 3 is 2.69 bits per heavy atom. The summed E-state index contributed by atoms with van der Waals surface area (Å²) >= 11 is 7.27. The Labute approximate surface area is 177 Å². The molecule has 0 N–H and O–H groups in total. The number of fused-ring (bicyclic) bond motifs is 1. The summed E-state index contributed by atoms with van der Waals surface area (Å²) in [6.45, 7) is 8.42. The average Bonchev–Trinajstić information content (AvgIpc) is 3.21. The van der Waals surface area contributed by atoms with Gasteiger partial charge in [-0.3, -0.25) is 14.2 Å². The normalized spacial score (nSPS) is 10.8. The highest BCUT2D eigenvalue weighted by Crippen LogP contribution is 2.22. The van der Waals surface area contributed by atoms with E-state index < -0.39 is 0 Å². The lowest BCUT2D eigenvalue weighted by Crippen LogP contribution is -2.33. The highest BCUT2D eigenvalue weighted by molar-refractivity contribution is 7.99. The predicted molar refractivity (Wildman–Crippen MR) is 117 cm³/mol. The fraction of sp³-hybridized carbons (Fsp3) is 0.190. The van der Waals surface area contributed by atoms with Crippen molar-refractivity contribution in [3.8, 4) is 0 Å². The number of benzene rings is 1. The van der Waals surface area contributed by atoms with Crippen LogP contribution in [0.15, 0.2) is 76.3 Å². The molecule has 0 aliphatic carbocycles. The number of halogens is 1. The van der Waals surface area contributed by atoms with Crippen molar-refractivity contribution in [1.29, 1.82) is 0 Å². The van der Waals surface area contributed by atoms with Gasteiger partial charge in [0, 0.05) is 18.1 Å². The summed E-state index contributed by atoms with van der Waals surface area (Å²) in [4.78, 5) is 31.9. The standard InChI is InChI=1S/C21H20ClN3O3S/c1-3-9-24(10-4-2)19(26)14-29-21-23-18-12-15(22)7-8-17(18)20(27)25(21)13-16-6-5-11-28-16/h3-8,11-12H,1-2,9-10,13-14H2. The van der Waals surface area contributed by atoms with E-state index in [9.17, 15) is 9.59 Å². The molecule has 29 heavy (non-hydrogen) atoms. The first-order valence-corrected chi connectivity index (χ1v) is 10.2. The molecule has 0 fully saturated rings. The number of amides is 1. The number of nitrogens with zero attached hydrogens (tertiary/aromatic N) is 3. The molecule has 0 spiro atoms. The zero-order chi connectivity index (χ0) is 20.8. The molecule has 6 nitrogen and oxygen atoms in total. The lowest BCUT2D eigenvalue weighted by Gasteiger charge is -2.19. The van der Waals surface area contributed by atoms with E-state index in [1.165, 1.54) is 16.3 Å². The van der Waals surface area contributed by atoms with Gasteiger partial charge in [-0.05, 0) is 30.3 Å². The molecule has 8 heteroatoms. The van der Waals surface area contributed by atoms with Gasteiger partial charge in [0.25, 0.3) is 5.56 Å². The van der Waals surface area contributed by atoms with Crippen molar-refractivity contribution in [2.75, 3.05) is 18.8 Å². The molecule has 3 rings (SSSR count). The van der Waals surface area contributed by atoms with Gasteiger partial charge in [0.05, 0.1) is 29.5 Å². The van der Waals surface area contributed by atoms with E-state index in [0.717, 1.165) is 0 Å². The molecule has 0 unspecified atom stereocenters. The van der Waals surface area contributed by atoms with Gasteiger partial charge < -0.3 is 9.32 Å². The third-order valence-corrected chi connectivity index (χ3v) is 5.35. The SMILES string of the molecule is C=CCN(CC=C)C(=O)CSc1nc2cc(Cl)ccc2c(=O)n1Cc1ccco1. The van der Waals surface area contributed by atoms with Crippen LogP contribution in [0.5, 0.6) is 0 Å². The van der Waals surface area contributed by atoms with Crippen molar-refractivity contribution < 1.29 is 9.21 Å². The van der Waals surface area contributed by atoms with Crippen LogP contribution in [0.25, 0.3) is 10.9 Å². The Kier molecular flexibility index (Phi) is 6.95. The van der Waals surface area contributed by atoms with Gasteiger partial charge in [-0.1, -0.05) is 35.5 Å². The molecule has 1 aromatic carbocycles. The summed E-state index contributed by atoms with van der Waals surface area (Å²) in [6.07, 6.45) is 4.87. The zero-order valence-corrected chi connectivity index (χ0v) is 17.3. The summed E-state index contributed by atoms with van der Waals surface area (Å²) in [5.41, 5.74) is 0.272. The van der Waals surface area contributed by atoms with Crippen LogP contribution < -0.4 is 5.56 Å². The summed E-state index contributed by atoms with van der Waals surface area (Å²) in [7, 11) is 0. The topological polar surface area (TPSA) is 68.3 Å². The van der Waals surface area contributed by atoms with Crippen LogP contribution in [0, 0.1) is 0 Å². The van der Waals surface area contributed by atoms with Crippen molar-refractivity contribution >= 4 is 40.2 Å². The van der Waals surface area contributed by atoms with E-state index in [2.05, 4.69) is 18.1 Å². The first-order valence-electron chi connectivity index (χ1n) is 8.88. The first kappa shape index (κ1) is 21.0. The van der Waals surface area contributed by atoms with Crippen LogP contribution in [-0.2, 0) is 11.3 Å². The second kappa shape index (κ2) is 9.62. The summed E-state index contributed by atoms with van der Waals surface area (Å²) in [5.74, 6) is 0.647. The van der Waals surface area contributed by atoms with E-state index in [4.69, 9.17) is 16.0 Å². The number of thioether (sulfide) groups is 1. The van der Waals surface area contributed by atoms with Crippen molar-refractivity contribution in [2.24, 2.45) is 0 Å². The van der Waals surface area contributed by atoms with Crippen LogP contribution >= 0.6 is 23.4 Å². The third kappa shape index (κ3) is 4.99. The lowest BCUT2D eigenvalue weighted by atomic mass is 10.2. The molecule has 3 aromatic rings. The summed E-state index contributed by atoms with van der Waals surface area (Å²) in [6, 6.07) is 8.49. The zero-order valence-electron chi connectivity index (χ0n) is 15.7. The fourth-order valence-electron chi connectivity index (χ4n) is 2.79. The number of aromatic nitrogens is 2. The molecule has 0 aliphatic rings. The second-order valence-electron chi connectivity index (χ2n) is 6.19. The van der Waals surface area contributed by atoms with Crippen LogP contribution in [-0.4, -0.2) is 39.2 Å². The van der Waals surface area contributed by atoms with Crippen molar-refractivity contribution in [3.63, 3.8) is 0 Å². The highest BCUT2D eigenvalue weighted by Gasteiger charge is 2.17. The fourth-order valence-corrected chi connectivity index (χ4v) is 3.86. The van der Waals surface area contributed by atoms with E-state index in [-0.39, 0.29) is 23.8 Å². The second-order valence-corrected chi connectivity index (χ2v) is 7.57. The molecule has 0 radical (unpaired) electrons. The molecule has 2 heterocycles. The van der Waals surface area contributed by atoms with E-state index in [1.54, 1.807) is 53.6 Å². The molecule has 0 aliphatic heterocycles. The van der Waals surface area contributed by atoms with Crippen LogP contribution in [0.2, 0.25) is 5.02 Å². The third-order valence-electron chi connectivity index (χ3n) is 4.15. The quantitative estimate of drug-likeness (QED) is 0.292. The van der Waals surface area contributed by atoms with Crippen molar-refractivity contribution in [1.82, 2.24) is 14.5 Å². The number of carbonyl (C=O) groups is 1. The van der Waals surface area contributed by atoms with Crippen molar-refractivity contribution in [2.45, 2.75) is 11.7 Å². The Morgan fingerprint density at radius 2 is 2.03 bits per heavy atom. The smallest absolute Gasteiger partial charge is 0.262 e. The lowest BCUT2D eigenvalue weighted by molar-refractivity contribution is -0.127. The maximum absolute atomic E-state index is 13.1. The minimum Gasteiger partial charge on any atom is -0.467 e.